The summed E-state index contributed by atoms with van der Waals surface area (Å²) in [4.78, 5) is 18.5. The predicted octanol–water partition coefficient (Wildman–Crippen LogP) is 4.02. The summed E-state index contributed by atoms with van der Waals surface area (Å²) in [5.41, 5.74) is 5.48. The van der Waals surface area contributed by atoms with Crippen LogP contribution in [-0.2, 0) is 9.53 Å². The van der Waals surface area contributed by atoms with E-state index in [1.165, 1.54) is 7.11 Å². The lowest BCUT2D eigenvalue weighted by atomic mass is 9.96. The molecule has 31 heavy (non-hydrogen) atoms. The molecule has 0 bridgehead atoms. The highest BCUT2D eigenvalue weighted by Gasteiger charge is 2.41. The fourth-order valence-electron chi connectivity index (χ4n) is 4.36. The smallest absolute Gasteiger partial charge is 0.307 e. The monoisotopic (exact) mass is 434 g/mol. The van der Waals surface area contributed by atoms with Gasteiger partial charge in [0.1, 0.15) is 0 Å². The molecular formula is C24H26N4O2S. The second-order valence-corrected chi connectivity index (χ2v) is 8.03. The Morgan fingerprint density at radius 3 is 2.58 bits per heavy atom. The summed E-state index contributed by atoms with van der Waals surface area (Å²) in [7, 11) is 1.41. The maximum Gasteiger partial charge on any atom is 0.307 e. The number of nitrogens with one attached hydrogen (secondary N) is 1. The standard InChI is InChI=1S/C24H26N4O2S/c1-16-15-19(17(2)28(16)18-9-5-4-6-10-18)23-22(20-11-7-8-13-25-20)26-24(31)27(23)14-12-21(29)30-3/h4-11,13,15,22-23H,12,14H2,1-3H3,(H,26,31)/t22-,23+/m1/s1. The van der Waals surface area contributed by atoms with E-state index in [1.54, 1.807) is 6.20 Å². The van der Waals surface area contributed by atoms with Gasteiger partial charge in [0, 0.05) is 29.8 Å². The largest absolute Gasteiger partial charge is 0.469 e. The molecule has 1 aliphatic heterocycles. The zero-order valence-electron chi connectivity index (χ0n) is 17.9. The first-order valence-electron chi connectivity index (χ1n) is 10.3. The van der Waals surface area contributed by atoms with Crippen molar-refractivity contribution in [2.45, 2.75) is 32.4 Å². The van der Waals surface area contributed by atoms with Crippen LogP contribution in [0.15, 0.2) is 60.8 Å². The number of hydrogen-bond donors (Lipinski definition) is 1. The molecule has 0 aliphatic carbocycles. The summed E-state index contributed by atoms with van der Waals surface area (Å²) >= 11 is 5.69. The van der Waals surface area contributed by atoms with Gasteiger partial charge in [-0.15, -0.1) is 0 Å². The third-order valence-corrected chi connectivity index (χ3v) is 6.14. The number of esters is 1. The molecule has 7 heteroatoms. The highest BCUT2D eigenvalue weighted by molar-refractivity contribution is 7.80. The van der Waals surface area contributed by atoms with Crippen LogP contribution >= 0.6 is 12.2 Å². The number of rotatable bonds is 6. The molecular weight excluding hydrogens is 408 g/mol. The van der Waals surface area contributed by atoms with Crippen molar-refractivity contribution in [3.8, 4) is 5.69 Å². The third kappa shape index (κ3) is 4.05. The van der Waals surface area contributed by atoms with Gasteiger partial charge in [-0.2, -0.15) is 0 Å². The van der Waals surface area contributed by atoms with Crippen molar-refractivity contribution in [1.82, 2.24) is 19.8 Å². The number of methoxy groups -OCH3 is 1. The van der Waals surface area contributed by atoms with Crippen molar-refractivity contribution >= 4 is 23.3 Å². The normalized spacial score (nSPS) is 18.2. The van der Waals surface area contributed by atoms with Gasteiger partial charge >= 0.3 is 5.97 Å². The number of nitrogens with zero attached hydrogens (tertiary/aromatic N) is 3. The van der Waals surface area contributed by atoms with E-state index in [4.69, 9.17) is 17.0 Å². The Bertz CT molecular complexity index is 1080. The minimum Gasteiger partial charge on any atom is -0.469 e. The van der Waals surface area contributed by atoms with E-state index in [0.717, 1.165) is 28.3 Å². The highest BCUT2D eigenvalue weighted by Crippen LogP contribution is 2.41. The fraction of sp³-hybridized carbons (Fsp3) is 0.292. The van der Waals surface area contributed by atoms with E-state index in [2.05, 4.69) is 51.8 Å². The van der Waals surface area contributed by atoms with Crippen LogP contribution in [0, 0.1) is 13.8 Å². The second-order valence-electron chi connectivity index (χ2n) is 7.64. The Labute approximate surface area is 187 Å². The Kier molecular flexibility index (Phi) is 6.04. The SMILES string of the molecule is COC(=O)CCN1C(=S)N[C@H](c2ccccn2)[C@@H]1c1cc(C)n(-c2ccccc2)c1C. The van der Waals surface area contributed by atoms with Gasteiger partial charge in [0.2, 0.25) is 0 Å². The number of pyridine rings is 1. The minimum atomic E-state index is -0.252. The minimum absolute atomic E-state index is 0.0873. The zero-order chi connectivity index (χ0) is 22.0. The molecule has 3 aromatic rings. The lowest BCUT2D eigenvalue weighted by Crippen LogP contribution is -2.32. The summed E-state index contributed by atoms with van der Waals surface area (Å²) in [5, 5.41) is 4.06. The molecule has 160 valence electrons. The molecule has 2 atom stereocenters. The van der Waals surface area contributed by atoms with Gasteiger partial charge in [-0.3, -0.25) is 9.78 Å². The molecule has 6 nitrogen and oxygen atoms in total. The quantitative estimate of drug-likeness (QED) is 0.467. The molecule has 3 heterocycles. The lowest BCUT2D eigenvalue weighted by Gasteiger charge is -2.28. The Morgan fingerprint density at radius 1 is 1.16 bits per heavy atom. The first-order chi connectivity index (χ1) is 15.0. The Hall–Kier alpha value is -3.19. The van der Waals surface area contributed by atoms with Crippen molar-refractivity contribution in [2.24, 2.45) is 0 Å². The van der Waals surface area contributed by atoms with E-state index in [0.29, 0.717) is 11.7 Å². The van der Waals surface area contributed by atoms with Crippen LogP contribution in [0.1, 0.15) is 41.1 Å². The van der Waals surface area contributed by atoms with Gasteiger partial charge in [0.15, 0.2) is 5.11 Å². The molecule has 1 aromatic carbocycles. The molecule has 1 saturated heterocycles. The van der Waals surface area contributed by atoms with Crippen LogP contribution in [-0.4, -0.2) is 39.2 Å². The Balaban J connectivity index is 1.79. The van der Waals surface area contributed by atoms with Gasteiger partial charge in [0.25, 0.3) is 0 Å². The lowest BCUT2D eigenvalue weighted by molar-refractivity contribution is -0.140. The summed E-state index contributed by atoms with van der Waals surface area (Å²) in [6.45, 7) is 4.71. The summed E-state index contributed by atoms with van der Waals surface area (Å²) in [5.74, 6) is -0.252. The average Bonchev–Trinajstić information content (AvgIpc) is 3.28. The number of carbonyl (C=O) groups is 1. The second kappa shape index (κ2) is 8.89. The molecule has 1 N–H and O–H groups in total. The summed E-state index contributed by atoms with van der Waals surface area (Å²) in [6.07, 6.45) is 2.06. The molecule has 1 fully saturated rings. The van der Waals surface area contributed by atoms with E-state index in [1.807, 2.05) is 36.4 Å². The fourth-order valence-corrected chi connectivity index (χ4v) is 4.69. The molecule has 2 aromatic heterocycles. The van der Waals surface area contributed by atoms with Gasteiger partial charge in [-0.1, -0.05) is 24.3 Å². The van der Waals surface area contributed by atoms with Gasteiger partial charge in [-0.05, 0) is 62.0 Å². The number of ether oxygens (including phenoxy) is 1. The van der Waals surface area contributed by atoms with E-state index in [9.17, 15) is 4.79 Å². The van der Waals surface area contributed by atoms with Crippen LogP contribution < -0.4 is 5.32 Å². The maximum absolute atomic E-state index is 11.9. The number of benzene rings is 1. The number of aromatic nitrogens is 2. The van der Waals surface area contributed by atoms with Crippen molar-refractivity contribution in [1.29, 1.82) is 0 Å². The van der Waals surface area contributed by atoms with Crippen LogP contribution in [0.3, 0.4) is 0 Å². The predicted molar refractivity (Wildman–Crippen MR) is 124 cm³/mol. The third-order valence-electron chi connectivity index (χ3n) is 5.79. The van der Waals surface area contributed by atoms with E-state index < -0.39 is 0 Å². The van der Waals surface area contributed by atoms with Crippen molar-refractivity contribution in [3.05, 3.63) is 83.4 Å². The van der Waals surface area contributed by atoms with E-state index >= 15 is 0 Å². The van der Waals surface area contributed by atoms with Crippen LogP contribution in [0.5, 0.6) is 0 Å². The zero-order valence-corrected chi connectivity index (χ0v) is 18.7. The molecule has 4 rings (SSSR count). The topological polar surface area (TPSA) is 59.4 Å². The molecule has 0 spiro atoms. The number of carbonyl (C=O) groups excluding carboxylic acids is 1. The van der Waals surface area contributed by atoms with Crippen LogP contribution in [0.2, 0.25) is 0 Å². The number of thiocarbonyl (C=S) groups is 1. The first-order valence-corrected chi connectivity index (χ1v) is 10.7. The van der Waals surface area contributed by atoms with Gasteiger partial charge in [0.05, 0.1) is 31.3 Å². The Morgan fingerprint density at radius 2 is 1.90 bits per heavy atom. The number of hydrogen-bond acceptors (Lipinski definition) is 4. The van der Waals surface area contributed by atoms with E-state index in [-0.39, 0.29) is 24.5 Å². The first kappa shape index (κ1) is 21.1. The molecule has 0 unspecified atom stereocenters. The van der Waals surface area contributed by atoms with Crippen molar-refractivity contribution in [2.75, 3.05) is 13.7 Å². The number of aryl methyl sites for hydroxylation is 1. The molecule has 0 radical (unpaired) electrons. The molecule has 0 saturated carbocycles. The highest BCUT2D eigenvalue weighted by atomic mass is 32.1. The molecule has 0 amide bonds. The van der Waals surface area contributed by atoms with Crippen LogP contribution in [0.25, 0.3) is 5.69 Å². The summed E-state index contributed by atoms with van der Waals surface area (Å²) < 4.78 is 7.11. The maximum atomic E-state index is 11.9. The van der Waals surface area contributed by atoms with Crippen LogP contribution in [0.4, 0.5) is 0 Å². The average molecular weight is 435 g/mol. The van der Waals surface area contributed by atoms with Gasteiger partial charge in [-0.25, -0.2) is 0 Å². The van der Waals surface area contributed by atoms with Gasteiger partial charge < -0.3 is 19.5 Å². The molecule has 1 aliphatic rings. The van der Waals surface area contributed by atoms with Crippen molar-refractivity contribution < 1.29 is 9.53 Å². The number of para-hydroxylation sites is 1. The summed E-state index contributed by atoms with van der Waals surface area (Å²) in [6, 6.07) is 18.2. The van der Waals surface area contributed by atoms with Crippen molar-refractivity contribution in [3.63, 3.8) is 0 Å².